The molecule has 0 spiro atoms. The van der Waals surface area contributed by atoms with Crippen LogP contribution in [0.2, 0.25) is 0 Å². The van der Waals surface area contributed by atoms with Gasteiger partial charge in [0.2, 0.25) is 0 Å². The Morgan fingerprint density at radius 3 is 2.46 bits per heavy atom. The third kappa shape index (κ3) is 2.63. The molecular weight excluding hydrogens is 190 g/mol. The van der Waals surface area contributed by atoms with E-state index in [2.05, 4.69) is 0 Å². The molecule has 1 aliphatic heterocycles. The monoisotopic (exact) mass is 207 g/mol. The van der Waals surface area contributed by atoms with Crippen molar-refractivity contribution in [1.29, 1.82) is 0 Å². The highest BCUT2D eigenvalue weighted by molar-refractivity contribution is 7.86. The quantitative estimate of drug-likeness (QED) is 0.633. The van der Waals surface area contributed by atoms with Crippen molar-refractivity contribution in [2.24, 2.45) is 10.9 Å². The Bertz CT molecular complexity index is 263. The first-order valence-electron chi connectivity index (χ1n) is 4.48. The molecule has 1 saturated heterocycles. The minimum absolute atomic E-state index is 0.122. The van der Waals surface area contributed by atoms with Gasteiger partial charge in [0.05, 0.1) is 0 Å². The van der Waals surface area contributed by atoms with Crippen LogP contribution in [0.15, 0.2) is 0 Å². The Morgan fingerprint density at radius 2 is 2.08 bits per heavy atom. The lowest BCUT2D eigenvalue weighted by Gasteiger charge is -2.35. The van der Waals surface area contributed by atoms with Gasteiger partial charge in [-0.05, 0) is 19.8 Å². The number of hydrogen-bond acceptors (Lipinski definition) is 3. The fourth-order valence-electron chi connectivity index (χ4n) is 1.77. The molecule has 2 atom stereocenters. The van der Waals surface area contributed by atoms with Crippen LogP contribution in [0.25, 0.3) is 0 Å². The van der Waals surface area contributed by atoms with Gasteiger partial charge in [-0.25, -0.2) is 5.14 Å². The Balaban J connectivity index is 2.80. The Morgan fingerprint density at radius 1 is 1.46 bits per heavy atom. The summed E-state index contributed by atoms with van der Waals surface area (Å²) in [6.45, 7) is 2.32. The summed E-state index contributed by atoms with van der Waals surface area (Å²) >= 11 is 0. The van der Waals surface area contributed by atoms with Gasteiger partial charge in [-0.2, -0.15) is 12.7 Å². The predicted molar refractivity (Wildman–Crippen MR) is 51.1 cm³/mol. The maximum atomic E-state index is 11.1. The summed E-state index contributed by atoms with van der Waals surface area (Å²) in [7, 11) is -3.57. The van der Waals surface area contributed by atoms with Crippen LogP contribution in [0.4, 0.5) is 0 Å². The molecule has 0 aromatic heterocycles. The van der Waals surface area contributed by atoms with Crippen LogP contribution in [0.3, 0.4) is 0 Å². The third-order valence-electron chi connectivity index (χ3n) is 2.43. The smallest absolute Gasteiger partial charge is 0.277 e. The van der Waals surface area contributed by atoms with Gasteiger partial charge in [0, 0.05) is 18.6 Å². The zero-order valence-electron chi connectivity index (χ0n) is 7.81. The Labute approximate surface area is 79.3 Å². The lowest BCUT2D eigenvalue weighted by atomic mass is 10.00. The number of hydrogen-bond donors (Lipinski definition) is 2. The summed E-state index contributed by atoms with van der Waals surface area (Å²) in [5.74, 6) is 0. The van der Waals surface area contributed by atoms with Crippen LogP contribution in [0.5, 0.6) is 0 Å². The highest BCUT2D eigenvalue weighted by Gasteiger charge is 2.31. The summed E-state index contributed by atoms with van der Waals surface area (Å²) in [4.78, 5) is 0. The van der Waals surface area contributed by atoms with E-state index >= 15 is 0 Å². The van der Waals surface area contributed by atoms with Crippen LogP contribution < -0.4 is 10.9 Å². The average Bonchev–Trinajstić information content (AvgIpc) is 2.03. The van der Waals surface area contributed by atoms with Gasteiger partial charge in [0.25, 0.3) is 10.2 Å². The molecule has 1 fully saturated rings. The van der Waals surface area contributed by atoms with Crippen LogP contribution in [-0.2, 0) is 10.2 Å². The molecule has 1 rings (SSSR count). The number of rotatable bonds is 2. The van der Waals surface area contributed by atoms with E-state index in [4.69, 9.17) is 10.9 Å². The zero-order chi connectivity index (χ0) is 10.1. The van der Waals surface area contributed by atoms with Crippen LogP contribution in [-0.4, -0.2) is 31.4 Å². The van der Waals surface area contributed by atoms with E-state index in [0.717, 1.165) is 19.3 Å². The number of nitrogens with two attached hydrogens (primary N) is 2. The molecule has 1 aliphatic rings. The zero-order valence-corrected chi connectivity index (χ0v) is 8.63. The fourth-order valence-corrected chi connectivity index (χ4v) is 2.83. The molecule has 6 heteroatoms. The Kier molecular flexibility index (Phi) is 3.28. The first-order valence-corrected chi connectivity index (χ1v) is 5.98. The van der Waals surface area contributed by atoms with Gasteiger partial charge in [-0.15, -0.1) is 0 Å². The van der Waals surface area contributed by atoms with Crippen molar-refractivity contribution in [3.63, 3.8) is 0 Å². The minimum Gasteiger partial charge on any atom is -0.326 e. The van der Waals surface area contributed by atoms with E-state index in [1.165, 1.54) is 4.31 Å². The molecule has 0 saturated carbocycles. The highest BCUT2D eigenvalue weighted by atomic mass is 32.2. The van der Waals surface area contributed by atoms with Crippen molar-refractivity contribution in [1.82, 2.24) is 4.31 Å². The molecule has 5 nitrogen and oxygen atoms in total. The van der Waals surface area contributed by atoms with Crippen molar-refractivity contribution in [2.45, 2.75) is 38.3 Å². The summed E-state index contributed by atoms with van der Waals surface area (Å²) < 4.78 is 23.6. The number of nitrogens with zero attached hydrogens (tertiary/aromatic N) is 1. The normalized spacial score (nSPS) is 28.7. The van der Waals surface area contributed by atoms with Gasteiger partial charge in [0.1, 0.15) is 0 Å². The topological polar surface area (TPSA) is 89.4 Å². The van der Waals surface area contributed by atoms with Crippen molar-refractivity contribution in [3.05, 3.63) is 0 Å². The van der Waals surface area contributed by atoms with Crippen molar-refractivity contribution in [2.75, 3.05) is 6.54 Å². The SMILES string of the molecule is CC(N)C1CCCCN1S(N)(=O)=O. The van der Waals surface area contributed by atoms with Crippen LogP contribution in [0.1, 0.15) is 26.2 Å². The average molecular weight is 207 g/mol. The van der Waals surface area contributed by atoms with E-state index in [1.807, 2.05) is 6.92 Å². The van der Waals surface area contributed by atoms with E-state index in [9.17, 15) is 8.42 Å². The summed E-state index contributed by atoms with van der Waals surface area (Å²) in [5.41, 5.74) is 5.69. The molecule has 0 radical (unpaired) electrons. The second kappa shape index (κ2) is 3.91. The summed E-state index contributed by atoms with van der Waals surface area (Å²) in [6.07, 6.45) is 2.71. The van der Waals surface area contributed by atoms with Crippen LogP contribution in [0, 0.1) is 0 Å². The van der Waals surface area contributed by atoms with Gasteiger partial charge < -0.3 is 5.73 Å². The molecule has 78 valence electrons. The lowest BCUT2D eigenvalue weighted by molar-refractivity contribution is 0.227. The van der Waals surface area contributed by atoms with Gasteiger partial charge in [-0.1, -0.05) is 6.42 Å². The second-order valence-electron chi connectivity index (χ2n) is 3.58. The first-order chi connectivity index (χ1) is 5.93. The molecule has 4 N–H and O–H groups in total. The maximum Gasteiger partial charge on any atom is 0.277 e. The van der Waals surface area contributed by atoms with E-state index in [0.29, 0.717) is 6.54 Å². The molecule has 0 aromatic carbocycles. The summed E-state index contributed by atoms with van der Waals surface area (Å²) in [5, 5.41) is 5.08. The lowest BCUT2D eigenvalue weighted by Crippen LogP contribution is -2.53. The molecule has 0 aliphatic carbocycles. The molecule has 0 aromatic rings. The maximum absolute atomic E-state index is 11.1. The van der Waals surface area contributed by atoms with Crippen molar-refractivity contribution in [3.8, 4) is 0 Å². The van der Waals surface area contributed by atoms with E-state index in [-0.39, 0.29) is 12.1 Å². The molecular formula is C7H17N3O2S. The fraction of sp³-hybridized carbons (Fsp3) is 1.00. The molecule has 0 amide bonds. The van der Waals surface area contributed by atoms with Crippen LogP contribution >= 0.6 is 0 Å². The van der Waals surface area contributed by atoms with Crippen molar-refractivity contribution >= 4 is 10.2 Å². The molecule has 2 unspecified atom stereocenters. The largest absolute Gasteiger partial charge is 0.326 e. The van der Waals surface area contributed by atoms with Crippen molar-refractivity contribution < 1.29 is 8.42 Å². The summed E-state index contributed by atoms with van der Waals surface area (Å²) in [6, 6.07) is -0.276. The minimum atomic E-state index is -3.57. The van der Waals surface area contributed by atoms with Gasteiger partial charge >= 0.3 is 0 Å². The second-order valence-corrected chi connectivity index (χ2v) is 5.08. The Hall–Kier alpha value is -0.170. The molecule has 13 heavy (non-hydrogen) atoms. The standard InChI is InChI=1S/C7H17N3O2S/c1-6(8)7-4-2-3-5-10(7)13(9,11)12/h6-7H,2-5,8H2,1H3,(H2,9,11,12). The first kappa shape index (κ1) is 10.9. The van der Waals surface area contributed by atoms with E-state index in [1.54, 1.807) is 0 Å². The third-order valence-corrected chi connectivity index (χ3v) is 3.54. The number of piperidine rings is 1. The van der Waals surface area contributed by atoms with Gasteiger partial charge in [-0.3, -0.25) is 0 Å². The molecule has 0 bridgehead atoms. The molecule has 1 heterocycles. The van der Waals surface area contributed by atoms with Gasteiger partial charge in [0.15, 0.2) is 0 Å². The predicted octanol–water partition coefficient (Wildman–Crippen LogP) is -0.608. The van der Waals surface area contributed by atoms with E-state index < -0.39 is 10.2 Å². The highest BCUT2D eigenvalue weighted by Crippen LogP contribution is 2.20.